The van der Waals surface area contributed by atoms with Gasteiger partial charge in [0.05, 0.1) is 28.4 Å². The van der Waals surface area contributed by atoms with Gasteiger partial charge >= 0.3 is 0 Å². The zero-order valence-electron chi connectivity index (χ0n) is 17.8. The Kier molecular flexibility index (Phi) is 4.65. The van der Waals surface area contributed by atoms with Gasteiger partial charge in [-0.2, -0.15) is 10.4 Å². The van der Waals surface area contributed by atoms with Gasteiger partial charge in [-0.3, -0.25) is 0 Å². The molecule has 2 N–H and O–H groups in total. The van der Waals surface area contributed by atoms with Crippen molar-refractivity contribution in [1.82, 2.24) is 14.8 Å². The molecule has 32 heavy (non-hydrogen) atoms. The summed E-state index contributed by atoms with van der Waals surface area (Å²) in [4.78, 5) is 4.66. The molecule has 0 bridgehead atoms. The molecule has 4 aromatic rings. The average Bonchev–Trinajstić information content (AvgIpc) is 3.09. The van der Waals surface area contributed by atoms with Crippen molar-refractivity contribution in [3.8, 4) is 17.6 Å². The maximum atomic E-state index is 9.97. The number of pyridine rings is 1. The zero-order valence-corrected chi connectivity index (χ0v) is 18.6. The molecule has 0 saturated carbocycles. The molecule has 0 spiro atoms. The van der Waals surface area contributed by atoms with Crippen LogP contribution in [0.2, 0.25) is 5.15 Å². The van der Waals surface area contributed by atoms with E-state index in [9.17, 15) is 5.26 Å². The van der Waals surface area contributed by atoms with E-state index in [0.717, 1.165) is 39.0 Å². The van der Waals surface area contributed by atoms with E-state index in [1.165, 1.54) is 0 Å². The average molecular weight is 442 g/mol. The number of halogens is 1. The van der Waals surface area contributed by atoms with Crippen LogP contribution in [0.5, 0.6) is 5.88 Å². The molecule has 1 atom stereocenters. The normalized spacial score (nSPS) is 15.4. The number of rotatable bonds is 2. The molecule has 2 aromatic carbocycles. The molecule has 2 aromatic heterocycles. The highest BCUT2D eigenvalue weighted by atomic mass is 35.5. The van der Waals surface area contributed by atoms with Gasteiger partial charge in [0.1, 0.15) is 16.8 Å². The van der Waals surface area contributed by atoms with Crippen molar-refractivity contribution < 1.29 is 4.74 Å². The molecule has 1 aliphatic heterocycles. The van der Waals surface area contributed by atoms with Crippen LogP contribution >= 0.6 is 11.6 Å². The molecular weight excluding hydrogens is 422 g/mol. The van der Waals surface area contributed by atoms with Crippen molar-refractivity contribution in [2.45, 2.75) is 26.7 Å². The van der Waals surface area contributed by atoms with E-state index in [1.54, 1.807) is 4.68 Å². The molecule has 7 heteroatoms. The number of nitriles is 1. The molecule has 0 saturated heterocycles. The Bertz CT molecular complexity index is 1460. The van der Waals surface area contributed by atoms with E-state index in [1.807, 2.05) is 63.2 Å². The van der Waals surface area contributed by atoms with Crippen LogP contribution < -0.4 is 10.5 Å². The number of aromatic nitrogens is 3. The maximum absolute atomic E-state index is 9.97. The minimum absolute atomic E-state index is 0.0406. The number of para-hydroxylation sites is 1. The second-order valence-electron chi connectivity index (χ2n) is 7.99. The molecular formula is C25H20ClN5O. The number of ether oxygens (including phenoxy) is 1. The quantitative estimate of drug-likeness (QED) is 0.431. The predicted octanol–water partition coefficient (Wildman–Crippen LogP) is 5.22. The van der Waals surface area contributed by atoms with Crippen molar-refractivity contribution in [2.75, 3.05) is 0 Å². The second kappa shape index (κ2) is 7.40. The molecule has 5 rings (SSSR count). The van der Waals surface area contributed by atoms with Crippen LogP contribution in [0.3, 0.4) is 0 Å². The fraction of sp³-hybridized carbons (Fsp3) is 0.160. The van der Waals surface area contributed by atoms with Gasteiger partial charge in [-0.15, -0.1) is 0 Å². The number of nitrogens with two attached hydrogens (primary N) is 1. The number of hydrogen-bond donors (Lipinski definition) is 1. The lowest BCUT2D eigenvalue weighted by Crippen LogP contribution is -2.22. The van der Waals surface area contributed by atoms with Gasteiger partial charge in [0.25, 0.3) is 0 Å². The van der Waals surface area contributed by atoms with Gasteiger partial charge in [0, 0.05) is 10.9 Å². The molecule has 6 nitrogen and oxygen atoms in total. The van der Waals surface area contributed by atoms with Crippen LogP contribution in [-0.4, -0.2) is 14.8 Å². The Morgan fingerprint density at radius 3 is 2.59 bits per heavy atom. The number of nitrogens with zero attached hydrogens (tertiary/aromatic N) is 4. The van der Waals surface area contributed by atoms with Crippen LogP contribution in [0.25, 0.3) is 16.6 Å². The number of hydrogen-bond acceptors (Lipinski definition) is 5. The van der Waals surface area contributed by atoms with Crippen LogP contribution in [0, 0.1) is 32.1 Å². The van der Waals surface area contributed by atoms with E-state index in [-0.39, 0.29) is 5.88 Å². The second-order valence-corrected chi connectivity index (χ2v) is 8.35. The highest BCUT2D eigenvalue weighted by Crippen LogP contribution is 2.46. The maximum Gasteiger partial charge on any atom is 0.229 e. The summed E-state index contributed by atoms with van der Waals surface area (Å²) < 4.78 is 7.64. The topological polar surface area (TPSA) is 89.8 Å². The lowest BCUT2D eigenvalue weighted by atomic mass is 9.84. The van der Waals surface area contributed by atoms with E-state index in [2.05, 4.69) is 17.1 Å². The smallest absolute Gasteiger partial charge is 0.229 e. The molecule has 0 fully saturated rings. The highest BCUT2D eigenvalue weighted by Gasteiger charge is 2.37. The zero-order chi connectivity index (χ0) is 22.6. The summed E-state index contributed by atoms with van der Waals surface area (Å²) in [6.45, 7) is 5.96. The molecule has 3 heterocycles. The van der Waals surface area contributed by atoms with Gasteiger partial charge in [-0.25, -0.2) is 9.67 Å². The lowest BCUT2D eigenvalue weighted by molar-refractivity contribution is 0.367. The standard InChI is InChI=1S/C25H20ClN5O/c1-13-9-14(2)17-11-18(23(26)29-20(17)10-13)22-19(12-27)24(28)32-25-21(22)15(3)30-31(25)16-7-5-4-6-8-16/h4-11,22H,28H2,1-3H3/t22-/m1/s1. The van der Waals surface area contributed by atoms with Crippen molar-refractivity contribution in [3.05, 3.63) is 93.1 Å². The molecule has 0 aliphatic carbocycles. The van der Waals surface area contributed by atoms with Crippen LogP contribution in [-0.2, 0) is 0 Å². The van der Waals surface area contributed by atoms with Crippen LogP contribution in [0.4, 0.5) is 0 Å². The Hall–Kier alpha value is -3.82. The summed E-state index contributed by atoms with van der Waals surface area (Å²) in [5, 5.41) is 16.0. The number of benzene rings is 2. The number of fused-ring (bicyclic) bond motifs is 2. The molecule has 0 unspecified atom stereocenters. The third-order valence-electron chi connectivity index (χ3n) is 5.81. The largest absolute Gasteiger partial charge is 0.422 e. The van der Waals surface area contributed by atoms with Crippen LogP contribution in [0.15, 0.2) is 60.0 Å². The summed E-state index contributed by atoms with van der Waals surface area (Å²) in [7, 11) is 0. The van der Waals surface area contributed by atoms with Crippen molar-refractivity contribution >= 4 is 22.5 Å². The summed E-state index contributed by atoms with van der Waals surface area (Å²) in [6, 6.07) is 18.0. The first-order valence-electron chi connectivity index (χ1n) is 10.2. The first-order valence-corrected chi connectivity index (χ1v) is 10.6. The Labute approximate surface area is 190 Å². The van der Waals surface area contributed by atoms with Gasteiger partial charge in [0.15, 0.2) is 0 Å². The molecule has 1 aliphatic rings. The van der Waals surface area contributed by atoms with Gasteiger partial charge < -0.3 is 10.5 Å². The molecule has 0 amide bonds. The predicted molar refractivity (Wildman–Crippen MR) is 124 cm³/mol. The third kappa shape index (κ3) is 3.02. The highest BCUT2D eigenvalue weighted by molar-refractivity contribution is 6.30. The Balaban J connectivity index is 1.80. The van der Waals surface area contributed by atoms with E-state index >= 15 is 0 Å². The van der Waals surface area contributed by atoms with Crippen LogP contribution in [0.1, 0.15) is 33.9 Å². The van der Waals surface area contributed by atoms with Gasteiger partial charge in [-0.05, 0) is 56.2 Å². The lowest BCUT2D eigenvalue weighted by Gasteiger charge is -2.25. The third-order valence-corrected chi connectivity index (χ3v) is 6.11. The first kappa shape index (κ1) is 20.1. The Morgan fingerprint density at radius 2 is 1.88 bits per heavy atom. The summed E-state index contributed by atoms with van der Waals surface area (Å²) >= 11 is 6.70. The summed E-state index contributed by atoms with van der Waals surface area (Å²) in [5.74, 6) is -0.0165. The van der Waals surface area contributed by atoms with Gasteiger partial charge in [0.2, 0.25) is 11.8 Å². The van der Waals surface area contributed by atoms with E-state index in [0.29, 0.717) is 22.2 Å². The number of aryl methyl sites for hydroxylation is 3. The SMILES string of the molecule is Cc1cc(C)c2cc([C@@H]3C(C#N)=C(N)Oc4c3c(C)nn4-c3ccccc3)c(Cl)nc2c1. The van der Waals surface area contributed by atoms with Crippen molar-refractivity contribution in [3.63, 3.8) is 0 Å². The first-order chi connectivity index (χ1) is 15.4. The Morgan fingerprint density at radius 1 is 1.12 bits per heavy atom. The summed E-state index contributed by atoms with van der Waals surface area (Å²) in [5.41, 5.74) is 12.6. The van der Waals surface area contributed by atoms with E-state index < -0.39 is 5.92 Å². The fourth-order valence-electron chi connectivity index (χ4n) is 4.39. The summed E-state index contributed by atoms with van der Waals surface area (Å²) in [6.07, 6.45) is 0. The van der Waals surface area contributed by atoms with E-state index in [4.69, 9.17) is 27.2 Å². The van der Waals surface area contributed by atoms with Crippen molar-refractivity contribution in [1.29, 1.82) is 5.26 Å². The molecule has 158 valence electrons. The molecule has 0 radical (unpaired) electrons. The number of allylic oxidation sites excluding steroid dienone is 1. The van der Waals surface area contributed by atoms with Gasteiger partial charge in [-0.1, -0.05) is 35.9 Å². The fourth-order valence-corrected chi connectivity index (χ4v) is 4.65. The van der Waals surface area contributed by atoms with Crippen molar-refractivity contribution in [2.24, 2.45) is 5.73 Å². The monoisotopic (exact) mass is 441 g/mol. The minimum Gasteiger partial charge on any atom is -0.422 e. The minimum atomic E-state index is -0.536.